The summed E-state index contributed by atoms with van der Waals surface area (Å²) in [6, 6.07) is 18.5. The highest BCUT2D eigenvalue weighted by molar-refractivity contribution is 5.85. The van der Waals surface area contributed by atoms with Crippen LogP contribution >= 0.6 is 0 Å². The number of carbonyl (C=O) groups excluding carboxylic acids is 2. The first-order valence-electron chi connectivity index (χ1n) is 8.73. The Kier molecular flexibility index (Phi) is 7.21. The van der Waals surface area contributed by atoms with Gasteiger partial charge in [-0.3, -0.25) is 4.79 Å². The van der Waals surface area contributed by atoms with E-state index in [1.54, 1.807) is 11.9 Å². The van der Waals surface area contributed by atoms with Crippen molar-refractivity contribution in [1.82, 2.24) is 10.2 Å². The van der Waals surface area contributed by atoms with Crippen LogP contribution in [0.15, 0.2) is 60.7 Å². The van der Waals surface area contributed by atoms with Crippen molar-refractivity contribution in [2.75, 3.05) is 7.05 Å². The first kappa shape index (κ1) is 19.5. The molecule has 2 rings (SSSR count). The molecule has 0 aromatic heterocycles. The van der Waals surface area contributed by atoms with Crippen molar-refractivity contribution in [2.24, 2.45) is 5.92 Å². The molecule has 0 fully saturated rings. The second-order valence-corrected chi connectivity index (χ2v) is 6.61. The topological polar surface area (TPSA) is 58.6 Å². The summed E-state index contributed by atoms with van der Waals surface area (Å²) in [5.41, 5.74) is 1.94. The van der Waals surface area contributed by atoms with Crippen LogP contribution in [0.3, 0.4) is 0 Å². The van der Waals surface area contributed by atoms with E-state index in [4.69, 9.17) is 4.74 Å². The smallest absolute Gasteiger partial charge is 0.408 e. The molecule has 0 aliphatic carbocycles. The normalized spacial score (nSPS) is 11.7. The number of hydrogen-bond acceptors (Lipinski definition) is 3. The maximum absolute atomic E-state index is 12.8. The third-order valence-corrected chi connectivity index (χ3v) is 4.06. The van der Waals surface area contributed by atoms with E-state index in [0.29, 0.717) is 6.54 Å². The molecular weight excluding hydrogens is 328 g/mol. The second kappa shape index (κ2) is 9.61. The van der Waals surface area contributed by atoms with Gasteiger partial charge in [-0.25, -0.2) is 4.79 Å². The molecule has 0 saturated carbocycles. The summed E-state index contributed by atoms with van der Waals surface area (Å²) >= 11 is 0. The quantitative estimate of drug-likeness (QED) is 0.826. The molecule has 5 nitrogen and oxygen atoms in total. The van der Waals surface area contributed by atoms with Gasteiger partial charge in [-0.15, -0.1) is 0 Å². The summed E-state index contributed by atoms with van der Waals surface area (Å²) in [4.78, 5) is 26.5. The van der Waals surface area contributed by atoms with Crippen LogP contribution < -0.4 is 5.32 Å². The zero-order chi connectivity index (χ0) is 18.9. The maximum atomic E-state index is 12.8. The molecule has 1 N–H and O–H groups in total. The van der Waals surface area contributed by atoms with E-state index in [2.05, 4.69) is 5.32 Å². The van der Waals surface area contributed by atoms with E-state index < -0.39 is 12.1 Å². The van der Waals surface area contributed by atoms with E-state index in [1.807, 2.05) is 74.5 Å². The number of hydrogen-bond donors (Lipinski definition) is 1. The van der Waals surface area contributed by atoms with Crippen molar-refractivity contribution in [2.45, 2.75) is 33.0 Å². The molecule has 0 saturated heterocycles. The number of benzene rings is 2. The van der Waals surface area contributed by atoms with Crippen molar-refractivity contribution in [3.8, 4) is 0 Å². The van der Waals surface area contributed by atoms with Crippen molar-refractivity contribution >= 4 is 12.0 Å². The fraction of sp³-hybridized carbons (Fsp3) is 0.333. The van der Waals surface area contributed by atoms with Crippen LogP contribution in [0.25, 0.3) is 0 Å². The average molecular weight is 354 g/mol. The Hall–Kier alpha value is -2.82. The minimum Gasteiger partial charge on any atom is -0.445 e. The minimum atomic E-state index is -0.632. The number of nitrogens with one attached hydrogen (secondary N) is 1. The van der Waals surface area contributed by atoms with Crippen LogP contribution in [0, 0.1) is 5.92 Å². The minimum absolute atomic E-state index is 0.0509. The van der Waals surface area contributed by atoms with E-state index in [0.717, 1.165) is 11.1 Å². The summed E-state index contributed by atoms with van der Waals surface area (Å²) in [6.07, 6.45) is -0.589. The lowest BCUT2D eigenvalue weighted by Gasteiger charge is -2.27. The Labute approximate surface area is 155 Å². The Morgan fingerprint density at radius 2 is 1.50 bits per heavy atom. The second-order valence-electron chi connectivity index (χ2n) is 6.61. The van der Waals surface area contributed by atoms with Crippen molar-refractivity contribution in [3.63, 3.8) is 0 Å². The van der Waals surface area contributed by atoms with Gasteiger partial charge >= 0.3 is 6.09 Å². The monoisotopic (exact) mass is 354 g/mol. The van der Waals surface area contributed by atoms with Gasteiger partial charge in [-0.1, -0.05) is 74.5 Å². The third-order valence-electron chi connectivity index (χ3n) is 4.06. The molecule has 2 aromatic carbocycles. The van der Waals surface area contributed by atoms with Crippen molar-refractivity contribution in [3.05, 3.63) is 71.8 Å². The molecule has 1 atom stereocenters. The standard InChI is InChI=1S/C21H26N2O3/c1-16(2)19(20(24)23(3)14-17-10-6-4-7-11-17)22-21(25)26-15-18-12-8-5-9-13-18/h4-13,16,19H,14-15H2,1-3H3,(H,22,25)/t19-/m0/s1. The number of nitrogens with zero attached hydrogens (tertiary/aromatic N) is 1. The zero-order valence-corrected chi connectivity index (χ0v) is 15.5. The first-order valence-corrected chi connectivity index (χ1v) is 8.73. The third kappa shape index (κ3) is 5.92. The van der Waals surface area contributed by atoms with E-state index in [-0.39, 0.29) is 18.4 Å². The summed E-state index contributed by atoms with van der Waals surface area (Å²) in [5, 5.41) is 2.70. The lowest BCUT2D eigenvalue weighted by molar-refractivity contribution is -0.133. The molecular formula is C21H26N2O3. The van der Waals surface area contributed by atoms with Gasteiger partial charge in [0.25, 0.3) is 0 Å². The predicted molar refractivity (Wildman–Crippen MR) is 101 cm³/mol. The van der Waals surface area contributed by atoms with Gasteiger partial charge in [0.2, 0.25) is 5.91 Å². The maximum Gasteiger partial charge on any atom is 0.408 e. The number of amides is 2. The highest BCUT2D eigenvalue weighted by atomic mass is 16.5. The number of carbonyl (C=O) groups is 2. The largest absolute Gasteiger partial charge is 0.445 e. The Morgan fingerprint density at radius 1 is 0.962 bits per heavy atom. The van der Waals surface area contributed by atoms with Gasteiger partial charge in [0, 0.05) is 13.6 Å². The van der Waals surface area contributed by atoms with Gasteiger partial charge in [-0.05, 0) is 17.0 Å². The molecule has 0 unspecified atom stereocenters. The number of rotatable bonds is 7. The van der Waals surface area contributed by atoms with E-state index >= 15 is 0 Å². The molecule has 0 bridgehead atoms. The molecule has 2 aromatic rings. The molecule has 0 aliphatic rings. The molecule has 0 radical (unpaired) electrons. The molecule has 26 heavy (non-hydrogen) atoms. The van der Waals surface area contributed by atoms with Crippen LogP contribution in [0.5, 0.6) is 0 Å². The Bertz CT molecular complexity index is 702. The summed E-state index contributed by atoms with van der Waals surface area (Å²) in [5.74, 6) is -0.189. The Balaban J connectivity index is 1.92. The van der Waals surface area contributed by atoms with Crippen LogP contribution in [0.2, 0.25) is 0 Å². The highest BCUT2D eigenvalue weighted by Crippen LogP contribution is 2.10. The SMILES string of the molecule is CC(C)[C@H](NC(=O)OCc1ccccc1)C(=O)N(C)Cc1ccccc1. The van der Waals surface area contributed by atoms with Crippen molar-refractivity contribution in [1.29, 1.82) is 0 Å². The van der Waals surface area contributed by atoms with Crippen LogP contribution in [0.1, 0.15) is 25.0 Å². The fourth-order valence-corrected chi connectivity index (χ4v) is 2.58. The molecule has 138 valence electrons. The van der Waals surface area contributed by atoms with Crippen molar-refractivity contribution < 1.29 is 14.3 Å². The Morgan fingerprint density at radius 3 is 2.04 bits per heavy atom. The number of alkyl carbamates (subject to hydrolysis) is 1. The van der Waals surface area contributed by atoms with E-state index in [1.165, 1.54) is 0 Å². The predicted octanol–water partition coefficient (Wildman–Crippen LogP) is 3.60. The molecule has 5 heteroatoms. The first-order chi connectivity index (χ1) is 12.5. The number of likely N-dealkylation sites (N-methyl/N-ethyl adjacent to an activating group) is 1. The fourth-order valence-electron chi connectivity index (χ4n) is 2.58. The summed E-state index contributed by atoms with van der Waals surface area (Å²) in [7, 11) is 1.74. The van der Waals surface area contributed by atoms with Gasteiger partial charge in [-0.2, -0.15) is 0 Å². The molecule has 0 aliphatic heterocycles. The van der Waals surface area contributed by atoms with Gasteiger partial charge in [0.15, 0.2) is 0 Å². The summed E-state index contributed by atoms with van der Waals surface area (Å²) in [6.45, 7) is 4.46. The lowest BCUT2D eigenvalue weighted by atomic mass is 10.0. The molecule has 0 heterocycles. The van der Waals surface area contributed by atoms with Crippen LogP contribution in [0.4, 0.5) is 4.79 Å². The lowest BCUT2D eigenvalue weighted by Crippen LogP contribution is -2.50. The van der Waals surface area contributed by atoms with E-state index in [9.17, 15) is 9.59 Å². The molecule has 0 spiro atoms. The van der Waals surface area contributed by atoms with Crippen LogP contribution in [-0.2, 0) is 22.7 Å². The van der Waals surface area contributed by atoms with Gasteiger partial charge in [0.1, 0.15) is 12.6 Å². The zero-order valence-electron chi connectivity index (χ0n) is 15.5. The highest BCUT2D eigenvalue weighted by Gasteiger charge is 2.27. The number of ether oxygens (including phenoxy) is 1. The average Bonchev–Trinajstić information content (AvgIpc) is 2.65. The summed E-state index contributed by atoms with van der Waals surface area (Å²) < 4.78 is 5.24. The molecule has 2 amide bonds. The van der Waals surface area contributed by atoms with Gasteiger partial charge < -0.3 is 15.0 Å². The van der Waals surface area contributed by atoms with Crippen LogP contribution in [-0.4, -0.2) is 30.0 Å². The van der Waals surface area contributed by atoms with Gasteiger partial charge in [0.05, 0.1) is 0 Å².